The number of thiophene rings is 1. The third-order valence-corrected chi connectivity index (χ3v) is 6.29. The first-order chi connectivity index (χ1) is 12.2. The van der Waals surface area contributed by atoms with Crippen molar-refractivity contribution < 1.29 is 4.79 Å². The monoisotopic (exact) mass is 358 g/mol. The summed E-state index contributed by atoms with van der Waals surface area (Å²) < 4.78 is 0. The SMILES string of the molecule is CCc1nc(NC2CCN(C(=O)C3CCCCC3)C2)c2ccsc2n1. The molecule has 1 saturated heterocycles. The third-order valence-electron chi connectivity index (χ3n) is 5.48. The Morgan fingerprint density at radius 1 is 1.28 bits per heavy atom. The Morgan fingerprint density at radius 3 is 2.92 bits per heavy atom. The molecule has 1 atom stereocenters. The van der Waals surface area contributed by atoms with E-state index in [1.165, 1.54) is 19.3 Å². The molecule has 2 aromatic heterocycles. The summed E-state index contributed by atoms with van der Waals surface area (Å²) in [6, 6.07) is 2.37. The van der Waals surface area contributed by atoms with E-state index in [1.54, 1.807) is 11.3 Å². The Balaban J connectivity index is 1.44. The summed E-state index contributed by atoms with van der Waals surface area (Å²) in [4.78, 5) is 25.1. The van der Waals surface area contributed by atoms with Crippen LogP contribution in [0.2, 0.25) is 0 Å². The van der Waals surface area contributed by atoms with E-state index < -0.39 is 0 Å². The van der Waals surface area contributed by atoms with E-state index in [4.69, 9.17) is 4.98 Å². The Morgan fingerprint density at radius 2 is 2.12 bits per heavy atom. The number of nitrogens with zero attached hydrogens (tertiary/aromatic N) is 3. The minimum Gasteiger partial charge on any atom is -0.365 e. The van der Waals surface area contributed by atoms with E-state index in [-0.39, 0.29) is 12.0 Å². The smallest absolute Gasteiger partial charge is 0.225 e. The minimum absolute atomic E-state index is 0.266. The summed E-state index contributed by atoms with van der Waals surface area (Å²) in [5.41, 5.74) is 0. The molecule has 1 N–H and O–H groups in total. The van der Waals surface area contributed by atoms with Crippen LogP contribution in [0.5, 0.6) is 0 Å². The minimum atomic E-state index is 0.266. The second kappa shape index (κ2) is 7.28. The highest BCUT2D eigenvalue weighted by atomic mass is 32.1. The number of aromatic nitrogens is 2. The molecule has 2 aliphatic rings. The topological polar surface area (TPSA) is 58.1 Å². The van der Waals surface area contributed by atoms with Gasteiger partial charge >= 0.3 is 0 Å². The highest BCUT2D eigenvalue weighted by Gasteiger charge is 2.31. The number of hydrogen-bond acceptors (Lipinski definition) is 5. The van der Waals surface area contributed by atoms with Gasteiger partial charge in [-0.1, -0.05) is 26.2 Å². The summed E-state index contributed by atoms with van der Waals surface area (Å²) in [6.45, 7) is 3.75. The second-order valence-corrected chi connectivity index (χ2v) is 8.13. The molecule has 1 aliphatic heterocycles. The summed E-state index contributed by atoms with van der Waals surface area (Å²) in [5, 5.41) is 6.76. The van der Waals surface area contributed by atoms with Crippen molar-refractivity contribution >= 4 is 33.3 Å². The molecular formula is C19H26N4OS. The van der Waals surface area contributed by atoms with Gasteiger partial charge in [-0.05, 0) is 30.7 Å². The zero-order valence-electron chi connectivity index (χ0n) is 14.8. The van der Waals surface area contributed by atoms with Crippen LogP contribution in [-0.4, -0.2) is 39.9 Å². The van der Waals surface area contributed by atoms with E-state index >= 15 is 0 Å². The van der Waals surface area contributed by atoms with Gasteiger partial charge in [-0.25, -0.2) is 9.97 Å². The number of carbonyl (C=O) groups excluding carboxylic acids is 1. The highest BCUT2D eigenvalue weighted by Crippen LogP contribution is 2.29. The molecule has 2 fully saturated rings. The molecule has 4 rings (SSSR count). The maximum atomic E-state index is 12.7. The van der Waals surface area contributed by atoms with Gasteiger partial charge < -0.3 is 10.2 Å². The first kappa shape index (κ1) is 16.8. The number of carbonyl (C=O) groups is 1. The number of likely N-dealkylation sites (tertiary alicyclic amines) is 1. The van der Waals surface area contributed by atoms with Crippen molar-refractivity contribution in [3.05, 3.63) is 17.3 Å². The normalized spacial score (nSPS) is 21.8. The van der Waals surface area contributed by atoms with Gasteiger partial charge in [-0.3, -0.25) is 4.79 Å². The van der Waals surface area contributed by atoms with Gasteiger partial charge in [0.15, 0.2) is 0 Å². The van der Waals surface area contributed by atoms with E-state index in [1.807, 2.05) is 0 Å². The number of amides is 1. The first-order valence-corrected chi connectivity index (χ1v) is 10.4. The van der Waals surface area contributed by atoms with Crippen LogP contribution in [0.25, 0.3) is 10.2 Å². The average Bonchev–Trinajstić information content (AvgIpc) is 3.31. The fourth-order valence-electron chi connectivity index (χ4n) is 4.05. The molecule has 1 aliphatic carbocycles. The highest BCUT2D eigenvalue weighted by molar-refractivity contribution is 7.16. The molecule has 6 heteroatoms. The Bertz CT molecular complexity index is 753. The molecule has 2 aromatic rings. The van der Waals surface area contributed by atoms with E-state index in [9.17, 15) is 4.79 Å². The Hall–Kier alpha value is -1.69. The number of hydrogen-bond donors (Lipinski definition) is 1. The average molecular weight is 359 g/mol. The van der Waals surface area contributed by atoms with Crippen molar-refractivity contribution in [3.63, 3.8) is 0 Å². The fraction of sp³-hybridized carbons (Fsp3) is 0.632. The van der Waals surface area contributed by atoms with Crippen molar-refractivity contribution in [1.82, 2.24) is 14.9 Å². The summed E-state index contributed by atoms with van der Waals surface area (Å²) in [7, 11) is 0. The second-order valence-electron chi connectivity index (χ2n) is 7.23. The maximum Gasteiger partial charge on any atom is 0.225 e. The van der Waals surface area contributed by atoms with Crippen molar-refractivity contribution in [2.75, 3.05) is 18.4 Å². The Kier molecular flexibility index (Phi) is 4.88. The number of rotatable bonds is 4. The first-order valence-electron chi connectivity index (χ1n) is 9.54. The molecule has 134 valence electrons. The predicted molar refractivity (Wildman–Crippen MR) is 102 cm³/mol. The van der Waals surface area contributed by atoms with Crippen molar-refractivity contribution in [1.29, 1.82) is 0 Å². The molecule has 3 heterocycles. The molecule has 0 radical (unpaired) electrons. The van der Waals surface area contributed by atoms with Crippen LogP contribution in [0.3, 0.4) is 0 Å². The zero-order chi connectivity index (χ0) is 17.2. The van der Waals surface area contributed by atoms with Crippen molar-refractivity contribution in [2.45, 2.75) is 57.9 Å². The van der Waals surface area contributed by atoms with Gasteiger partial charge in [-0.2, -0.15) is 0 Å². The standard InChI is InChI=1S/C19H26N4OS/c1-2-16-21-17(15-9-11-25-18(15)22-16)20-14-8-10-23(12-14)19(24)13-6-4-3-5-7-13/h9,11,13-14H,2-8,10,12H2,1H3,(H,20,21,22). The largest absolute Gasteiger partial charge is 0.365 e. The summed E-state index contributed by atoms with van der Waals surface area (Å²) in [5.74, 6) is 2.45. The molecule has 0 spiro atoms. The van der Waals surface area contributed by atoms with Gasteiger partial charge in [0.1, 0.15) is 16.5 Å². The summed E-state index contributed by atoms with van der Waals surface area (Å²) >= 11 is 1.66. The van der Waals surface area contributed by atoms with Gasteiger partial charge in [0.05, 0.1) is 5.39 Å². The molecular weight excluding hydrogens is 332 g/mol. The predicted octanol–water partition coefficient (Wildman–Crippen LogP) is 3.85. The lowest BCUT2D eigenvalue weighted by Crippen LogP contribution is -2.37. The van der Waals surface area contributed by atoms with Crippen LogP contribution in [-0.2, 0) is 11.2 Å². The van der Waals surface area contributed by atoms with Crippen molar-refractivity contribution in [3.8, 4) is 0 Å². The molecule has 25 heavy (non-hydrogen) atoms. The Labute approximate surface area is 152 Å². The molecule has 0 bridgehead atoms. The van der Waals surface area contributed by atoms with E-state index in [0.29, 0.717) is 5.91 Å². The molecule has 0 aromatic carbocycles. The maximum absolute atomic E-state index is 12.7. The molecule has 1 unspecified atom stereocenters. The molecule has 5 nitrogen and oxygen atoms in total. The van der Waals surface area contributed by atoms with Gasteiger partial charge in [0.2, 0.25) is 5.91 Å². The van der Waals surface area contributed by atoms with Crippen molar-refractivity contribution in [2.24, 2.45) is 5.92 Å². The van der Waals surface area contributed by atoms with E-state index in [2.05, 4.69) is 33.6 Å². The van der Waals surface area contributed by atoms with Gasteiger partial charge in [0.25, 0.3) is 0 Å². The quantitative estimate of drug-likeness (QED) is 0.902. The van der Waals surface area contributed by atoms with Crippen LogP contribution in [0, 0.1) is 5.92 Å². The lowest BCUT2D eigenvalue weighted by molar-refractivity contribution is -0.135. The van der Waals surface area contributed by atoms with E-state index in [0.717, 1.165) is 60.6 Å². The third kappa shape index (κ3) is 3.50. The number of nitrogens with one attached hydrogen (secondary N) is 1. The van der Waals surface area contributed by atoms with Crippen LogP contribution in [0.4, 0.5) is 5.82 Å². The van der Waals surface area contributed by atoms with Gasteiger partial charge in [0, 0.05) is 31.5 Å². The molecule has 1 amide bonds. The van der Waals surface area contributed by atoms with Crippen LogP contribution < -0.4 is 5.32 Å². The number of anilines is 1. The van der Waals surface area contributed by atoms with Crippen LogP contribution >= 0.6 is 11.3 Å². The zero-order valence-corrected chi connectivity index (χ0v) is 15.6. The number of aryl methyl sites for hydroxylation is 1. The molecule has 1 saturated carbocycles. The summed E-state index contributed by atoms with van der Waals surface area (Å²) in [6.07, 6.45) is 7.70. The van der Waals surface area contributed by atoms with Crippen LogP contribution in [0.1, 0.15) is 51.3 Å². The van der Waals surface area contributed by atoms with Crippen LogP contribution in [0.15, 0.2) is 11.4 Å². The number of fused-ring (bicyclic) bond motifs is 1. The lowest BCUT2D eigenvalue weighted by Gasteiger charge is -2.26. The van der Waals surface area contributed by atoms with Gasteiger partial charge in [-0.15, -0.1) is 11.3 Å². The fourth-order valence-corrected chi connectivity index (χ4v) is 4.83. The lowest BCUT2D eigenvalue weighted by atomic mass is 9.88.